The van der Waals surface area contributed by atoms with E-state index >= 15 is 0 Å². The summed E-state index contributed by atoms with van der Waals surface area (Å²) in [5.74, 6) is 0.171. The fraction of sp³-hybridized carbons (Fsp3) is 0.308. The van der Waals surface area contributed by atoms with Gasteiger partial charge < -0.3 is 9.84 Å². The molecular formula is C26H24N4O4. The summed E-state index contributed by atoms with van der Waals surface area (Å²) in [6.07, 6.45) is -0.781. The van der Waals surface area contributed by atoms with E-state index in [0.717, 1.165) is 33.2 Å². The molecule has 8 heteroatoms. The lowest BCUT2D eigenvalue weighted by molar-refractivity contribution is -0.121. The van der Waals surface area contributed by atoms with Gasteiger partial charge in [-0.25, -0.2) is 9.78 Å². The second-order valence-electron chi connectivity index (χ2n) is 8.82. The molecule has 2 aliphatic heterocycles. The van der Waals surface area contributed by atoms with Gasteiger partial charge in [0.1, 0.15) is 12.4 Å². The summed E-state index contributed by atoms with van der Waals surface area (Å²) in [4.78, 5) is 33.0. The standard InChI is InChI=1S/C26H24N4O4/c1-15-9-22-17(10-18(15)11-27)3-6-24(28-22)30-8-7-29(13-25(30)32)12-23(31)19-4-5-20-21(16(19)2)14-34-26(20)33/h3-6,9-10,23,31H,7-8,12-14H2,1-2H3. The van der Waals surface area contributed by atoms with Gasteiger partial charge in [0, 0.05) is 30.6 Å². The van der Waals surface area contributed by atoms with Crippen molar-refractivity contribution in [1.82, 2.24) is 9.88 Å². The molecule has 5 rings (SSSR count). The summed E-state index contributed by atoms with van der Waals surface area (Å²) in [5, 5.41) is 21.0. The lowest BCUT2D eigenvalue weighted by atomic mass is 9.95. The third-order valence-corrected chi connectivity index (χ3v) is 6.72. The lowest BCUT2D eigenvalue weighted by Gasteiger charge is -2.35. The summed E-state index contributed by atoms with van der Waals surface area (Å²) >= 11 is 0. The first-order valence-corrected chi connectivity index (χ1v) is 11.2. The highest BCUT2D eigenvalue weighted by Gasteiger charge is 2.30. The Labute approximate surface area is 197 Å². The number of fused-ring (bicyclic) bond motifs is 2. The average Bonchev–Trinajstić information content (AvgIpc) is 3.20. The number of carbonyl (C=O) groups excluding carboxylic acids is 2. The first-order valence-electron chi connectivity index (χ1n) is 11.2. The van der Waals surface area contributed by atoms with Crippen LogP contribution in [-0.4, -0.2) is 53.0 Å². The van der Waals surface area contributed by atoms with Gasteiger partial charge in [-0.3, -0.25) is 14.6 Å². The molecule has 34 heavy (non-hydrogen) atoms. The van der Waals surface area contributed by atoms with Gasteiger partial charge in [-0.05, 0) is 60.9 Å². The van der Waals surface area contributed by atoms with Crippen LogP contribution in [0.25, 0.3) is 10.9 Å². The molecule has 2 aromatic carbocycles. The van der Waals surface area contributed by atoms with Gasteiger partial charge in [-0.2, -0.15) is 5.26 Å². The Morgan fingerprint density at radius 3 is 2.76 bits per heavy atom. The molecule has 8 nitrogen and oxygen atoms in total. The Morgan fingerprint density at radius 2 is 2.00 bits per heavy atom. The summed E-state index contributed by atoms with van der Waals surface area (Å²) in [5.41, 5.74) is 5.19. The molecule has 3 heterocycles. The van der Waals surface area contributed by atoms with Crippen molar-refractivity contribution in [2.24, 2.45) is 0 Å². The van der Waals surface area contributed by atoms with E-state index in [4.69, 9.17) is 4.74 Å². The number of nitrogens with zero attached hydrogens (tertiary/aromatic N) is 4. The van der Waals surface area contributed by atoms with Crippen molar-refractivity contribution in [1.29, 1.82) is 5.26 Å². The molecule has 3 aromatic rings. The highest BCUT2D eigenvalue weighted by Crippen LogP contribution is 2.30. The van der Waals surface area contributed by atoms with Crippen molar-refractivity contribution >= 4 is 28.6 Å². The molecule has 0 aliphatic carbocycles. The van der Waals surface area contributed by atoms with Gasteiger partial charge in [0.05, 0.1) is 35.4 Å². The van der Waals surface area contributed by atoms with Crippen LogP contribution in [0.5, 0.6) is 0 Å². The number of carbonyl (C=O) groups is 2. The Kier molecular flexibility index (Phi) is 5.52. The van der Waals surface area contributed by atoms with Gasteiger partial charge in [0.25, 0.3) is 0 Å². The normalized spacial score (nSPS) is 16.9. The summed E-state index contributed by atoms with van der Waals surface area (Å²) in [7, 11) is 0. The number of pyridine rings is 1. The fourth-order valence-electron chi connectivity index (χ4n) is 4.73. The molecule has 1 N–H and O–H groups in total. The minimum Gasteiger partial charge on any atom is -0.457 e. The Bertz CT molecular complexity index is 1380. The van der Waals surface area contributed by atoms with E-state index in [-0.39, 0.29) is 25.0 Å². The highest BCUT2D eigenvalue weighted by molar-refractivity contribution is 5.96. The second-order valence-corrected chi connectivity index (χ2v) is 8.82. The highest BCUT2D eigenvalue weighted by atomic mass is 16.5. The van der Waals surface area contributed by atoms with Gasteiger partial charge in [0.15, 0.2) is 0 Å². The van der Waals surface area contributed by atoms with Crippen molar-refractivity contribution in [3.8, 4) is 6.07 Å². The molecule has 0 bridgehead atoms. The molecule has 1 aromatic heterocycles. The molecule has 1 saturated heterocycles. The number of esters is 1. The third kappa shape index (κ3) is 3.79. The number of hydrogen-bond acceptors (Lipinski definition) is 7. The number of cyclic esters (lactones) is 1. The molecule has 0 spiro atoms. The van der Waals surface area contributed by atoms with Gasteiger partial charge in [-0.15, -0.1) is 0 Å². The predicted octanol–water partition coefficient (Wildman–Crippen LogP) is 2.78. The van der Waals surface area contributed by atoms with Gasteiger partial charge in [0.2, 0.25) is 5.91 Å². The van der Waals surface area contributed by atoms with Crippen LogP contribution in [0.2, 0.25) is 0 Å². The number of hydrogen-bond donors (Lipinski definition) is 1. The minimum atomic E-state index is -0.781. The van der Waals surface area contributed by atoms with E-state index in [1.165, 1.54) is 0 Å². The van der Waals surface area contributed by atoms with E-state index in [1.807, 2.05) is 36.9 Å². The number of anilines is 1. The zero-order valence-corrected chi connectivity index (χ0v) is 19.0. The van der Waals surface area contributed by atoms with Crippen LogP contribution < -0.4 is 4.90 Å². The van der Waals surface area contributed by atoms with E-state index < -0.39 is 6.10 Å². The number of benzene rings is 2. The molecule has 1 fully saturated rings. The predicted molar refractivity (Wildman–Crippen MR) is 125 cm³/mol. The average molecular weight is 457 g/mol. The summed E-state index contributed by atoms with van der Waals surface area (Å²) < 4.78 is 5.10. The molecule has 2 aliphatic rings. The van der Waals surface area contributed by atoms with Crippen LogP contribution >= 0.6 is 0 Å². The summed E-state index contributed by atoms with van der Waals surface area (Å²) in [6, 6.07) is 13.0. The lowest BCUT2D eigenvalue weighted by Crippen LogP contribution is -2.51. The number of rotatable bonds is 4. The Balaban J connectivity index is 1.29. The maximum absolute atomic E-state index is 12.9. The minimum absolute atomic E-state index is 0.0830. The third-order valence-electron chi connectivity index (χ3n) is 6.72. The number of nitriles is 1. The van der Waals surface area contributed by atoms with E-state index in [9.17, 15) is 20.0 Å². The van der Waals surface area contributed by atoms with Crippen molar-refractivity contribution in [2.75, 3.05) is 31.1 Å². The first-order chi connectivity index (χ1) is 16.4. The number of aliphatic hydroxyl groups is 1. The smallest absolute Gasteiger partial charge is 0.338 e. The number of aryl methyl sites for hydroxylation is 1. The zero-order valence-electron chi connectivity index (χ0n) is 19.0. The second kappa shape index (κ2) is 8.52. The number of β-amino-alcohol motifs (C(OH)–C–C–N with tert-alkyl or cyclic N) is 1. The van der Waals surface area contributed by atoms with E-state index in [2.05, 4.69) is 11.1 Å². The number of aliphatic hydroxyl groups excluding tert-OH is 1. The van der Waals surface area contributed by atoms with Gasteiger partial charge in [-0.1, -0.05) is 6.07 Å². The van der Waals surface area contributed by atoms with E-state index in [1.54, 1.807) is 23.1 Å². The van der Waals surface area contributed by atoms with Crippen LogP contribution in [0.4, 0.5) is 5.82 Å². The van der Waals surface area contributed by atoms with Crippen LogP contribution in [0.1, 0.15) is 44.3 Å². The van der Waals surface area contributed by atoms with Crippen molar-refractivity contribution in [3.63, 3.8) is 0 Å². The molecule has 172 valence electrons. The first kappa shape index (κ1) is 22.0. The quantitative estimate of drug-likeness (QED) is 0.602. The molecular weight excluding hydrogens is 432 g/mol. The van der Waals surface area contributed by atoms with Crippen LogP contribution in [0, 0.1) is 25.2 Å². The Morgan fingerprint density at radius 1 is 1.18 bits per heavy atom. The monoisotopic (exact) mass is 456 g/mol. The van der Waals surface area contributed by atoms with Crippen molar-refractivity contribution in [2.45, 2.75) is 26.6 Å². The summed E-state index contributed by atoms with van der Waals surface area (Å²) in [6.45, 7) is 5.54. The molecule has 0 saturated carbocycles. The molecule has 1 unspecified atom stereocenters. The maximum Gasteiger partial charge on any atom is 0.338 e. The molecule has 1 amide bonds. The molecule has 1 atom stereocenters. The number of piperazine rings is 1. The number of ether oxygens (including phenoxy) is 1. The Hall–Kier alpha value is -3.80. The zero-order chi connectivity index (χ0) is 24.0. The van der Waals surface area contributed by atoms with Crippen molar-refractivity contribution in [3.05, 3.63) is 69.8 Å². The van der Waals surface area contributed by atoms with Crippen LogP contribution in [0.15, 0.2) is 36.4 Å². The maximum atomic E-state index is 12.9. The van der Waals surface area contributed by atoms with Crippen LogP contribution in [0.3, 0.4) is 0 Å². The fourth-order valence-corrected chi connectivity index (χ4v) is 4.73. The van der Waals surface area contributed by atoms with Crippen molar-refractivity contribution < 1.29 is 19.4 Å². The number of amides is 1. The van der Waals surface area contributed by atoms with Crippen LogP contribution in [-0.2, 0) is 16.1 Å². The van der Waals surface area contributed by atoms with Gasteiger partial charge >= 0.3 is 5.97 Å². The topological polar surface area (TPSA) is 107 Å². The largest absolute Gasteiger partial charge is 0.457 e. The number of aromatic nitrogens is 1. The SMILES string of the molecule is Cc1cc2nc(N3CCN(CC(O)c4ccc5c(c4C)COC5=O)CC3=O)ccc2cc1C#N. The molecule has 0 radical (unpaired) electrons. The van der Waals surface area contributed by atoms with E-state index in [0.29, 0.717) is 36.6 Å².